The number of hydrogen-bond donors (Lipinski definition) is 1. The second-order valence-corrected chi connectivity index (χ2v) is 7.58. The molecule has 1 aliphatic rings. The number of carbonyl (C=O) groups is 3. The molecule has 4 aromatic rings. The normalized spacial score (nSPS) is 14.0. The minimum Gasteiger partial charge on any atom is -0.465 e. The Labute approximate surface area is 179 Å². The molecule has 5 rings (SSSR count). The summed E-state index contributed by atoms with van der Waals surface area (Å²) in [6.07, 6.45) is 3.68. The number of fused-ring (bicyclic) bond motifs is 2. The predicted octanol–water partition coefficient (Wildman–Crippen LogP) is 3.27. The van der Waals surface area contributed by atoms with E-state index in [1.54, 1.807) is 18.2 Å². The fraction of sp³-hybridized carbons (Fsp3) is 0.125. The van der Waals surface area contributed by atoms with E-state index < -0.39 is 17.8 Å². The molecule has 0 radical (unpaired) electrons. The Morgan fingerprint density at radius 1 is 0.871 bits per heavy atom. The minimum atomic E-state index is -0.436. The zero-order chi connectivity index (χ0) is 21.9. The van der Waals surface area contributed by atoms with Crippen LogP contribution in [-0.4, -0.2) is 34.0 Å². The van der Waals surface area contributed by atoms with Gasteiger partial charge in [-0.3, -0.25) is 14.9 Å². The summed E-state index contributed by atoms with van der Waals surface area (Å²) in [4.78, 5) is 37.7. The maximum absolute atomic E-state index is 12.9. The predicted molar refractivity (Wildman–Crippen MR) is 119 cm³/mol. The van der Waals surface area contributed by atoms with Crippen LogP contribution in [0.15, 0.2) is 54.9 Å². The van der Waals surface area contributed by atoms with E-state index in [-0.39, 0.29) is 1.43 Å². The van der Waals surface area contributed by atoms with Crippen LogP contribution in [0.2, 0.25) is 0 Å². The average molecular weight is 415 g/mol. The first kappa shape index (κ1) is 18.9. The van der Waals surface area contributed by atoms with Gasteiger partial charge in [-0.15, -0.1) is 0 Å². The van der Waals surface area contributed by atoms with Crippen molar-refractivity contribution < 1.29 is 20.5 Å². The lowest BCUT2D eigenvalue weighted by molar-refractivity contribution is -0.122. The molecule has 2 amide bonds. The number of ether oxygens (including phenoxy) is 1. The van der Waals surface area contributed by atoms with E-state index in [1.165, 1.54) is 7.11 Å². The molecule has 0 unspecified atom stereocenters. The number of aromatic nitrogens is 2. The molecule has 0 spiro atoms. The molecule has 7 heteroatoms. The molecule has 31 heavy (non-hydrogen) atoms. The molecule has 0 fully saturated rings. The highest BCUT2D eigenvalue weighted by atomic mass is 16.5. The summed E-state index contributed by atoms with van der Waals surface area (Å²) in [5.74, 6) is -1.29. The number of rotatable bonds is 3. The molecule has 0 saturated carbocycles. The number of nitrogens with one attached hydrogen (secondary N) is 1. The number of methoxy groups -OCH3 is 1. The van der Waals surface area contributed by atoms with Crippen molar-refractivity contribution in [1.29, 1.82) is 0 Å². The van der Waals surface area contributed by atoms with Gasteiger partial charge in [0.2, 0.25) is 0 Å². The van der Waals surface area contributed by atoms with Crippen LogP contribution in [-0.2, 0) is 28.4 Å². The summed E-state index contributed by atoms with van der Waals surface area (Å²) in [5.41, 5.74) is 4.17. The third-order valence-corrected chi connectivity index (χ3v) is 5.78. The number of amides is 2. The van der Waals surface area contributed by atoms with Crippen LogP contribution in [0, 0.1) is 0 Å². The van der Waals surface area contributed by atoms with Gasteiger partial charge in [-0.05, 0) is 18.2 Å². The standard InChI is InChI=1S/C24H19N3O4.H2/c1-26-11-16(14-6-4-5-7-18(14)26)20-21(23(29)25-22(20)28)17-12-27(2)19-10-13(24(30)31-3)8-9-15(17)19;/h4-12H,1-3H3,(H,25,28,29);1H. The molecular formula is C24H21N3O4. The highest BCUT2D eigenvalue weighted by molar-refractivity contribution is 6.50. The summed E-state index contributed by atoms with van der Waals surface area (Å²) < 4.78 is 8.59. The van der Waals surface area contributed by atoms with E-state index in [9.17, 15) is 14.4 Å². The summed E-state index contributed by atoms with van der Waals surface area (Å²) in [5, 5.41) is 4.13. The Morgan fingerprint density at radius 2 is 1.45 bits per heavy atom. The molecule has 156 valence electrons. The molecule has 2 aromatic heterocycles. The molecule has 0 aliphatic carbocycles. The summed E-state index contributed by atoms with van der Waals surface area (Å²) in [7, 11) is 5.07. The number of aryl methyl sites for hydroxylation is 2. The van der Waals surface area contributed by atoms with E-state index in [2.05, 4.69) is 5.32 Å². The Hall–Kier alpha value is -4.13. The molecule has 0 bridgehead atoms. The summed E-state index contributed by atoms with van der Waals surface area (Å²) in [6.45, 7) is 0. The van der Waals surface area contributed by atoms with Crippen molar-refractivity contribution in [3.8, 4) is 0 Å². The lowest BCUT2D eigenvalue weighted by Gasteiger charge is -2.04. The monoisotopic (exact) mass is 415 g/mol. The number of nitrogens with zero attached hydrogens (tertiary/aromatic N) is 2. The molecule has 0 saturated heterocycles. The zero-order valence-electron chi connectivity index (χ0n) is 17.2. The smallest absolute Gasteiger partial charge is 0.337 e. The van der Waals surface area contributed by atoms with Gasteiger partial charge in [-0.2, -0.15) is 0 Å². The Kier molecular flexibility index (Phi) is 4.08. The van der Waals surface area contributed by atoms with Crippen molar-refractivity contribution in [3.63, 3.8) is 0 Å². The summed E-state index contributed by atoms with van der Waals surface area (Å²) >= 11 is 0. The number of imide groups is 1. The zero-order valence-corrected chi connectivity index (χ0v) is 17.2. The lowest BCUT2D eigenvalue weighted by atomic mass is 9.95. The van der Waals surface area contributed by atoms with Crippen LogP contribution in [0.25, 0.3) is 33.0 Å². The first-order valence-corrected chi connectivity index (χ1v) is 9.73. The van der Waals surface area contributed by atoms with Gasteiger partial charge in [0, 0.05) is 60.8 Å². The molecular weight excluding hydrogens is 394 g/mol. The molecule has 2 aromatic carbocycles. The number of para-hydroxylation sites is 1. The van der Waals surface area contributed by atoms with Gasteiger partial charge in [-0.25, -0.2) is 4.79 Å². The van der Waals surface area contributed by atoms with Crippen LogP contribution in [0.1, 0.15) is 22.9 Å². The average Bonchev–Trinajstić information content (AvgIpc) is 3.38. The van der Waals surface area contributed by atoms with Gasteiger partial charge < -0.3 is 13.9 Å². The third-order valence-electron chi connectivity index (χ3n) is 5.78. The van der Waals surface area contributed by atoms with Crippen molar-refractivity contribution in [2.75, 3.05) is 7.11 Å². The highest BCUT2D eigenvalue weighted by Crippen LogP contribution is 2.38. The van der Waals surface area contributed by atoms with Gasteiger partial charge in [0.05, 0.1) is 23.8 Å². The number of hydrogen-bond acceptors (Lipinski definition) is 4. The molecule has 3 heterocycles. The van der Waals surface area contributed by atoms with Gasteiger partial charge in [0.25, 0.3) is 11.8 Å². The molecule has 1 aliphatic heterocycles. The van der Waals surface area contributed by atoms with Crippen molar-refractivity contribution >= 4 is 50.7 Å². The van der Waals surface area contributed by atoms with E-state index in [4.69, 9.17) is 4.74 Å². The Balaban J connectivity index is 0.00000245. The van der Waals surface area contributed by atoms with Crippen LogP contribution >= 0.6 is 0 Å². The van der Waals surface area contributed by atoms with Gasteiger partial charge in [0.1, 0.15) is 0 Å². The molecule has 7 nitrogen and oxygen atoms in total. The van der Waals surface area contributed by atoms with Crippen molar-refractivity contribution in [3.05, 3.63) is 71.5 Å². The Bertz CT molecular complexity index is 1480. The van der Waals surface area contributed by atoms with Crippen LogP contribution in [0.4, 0.5) is 0 Å². The fourth-order valence-electron chi connectivity index (χ4n) is 4.34. The van der Waals surface area contributed by atoms with E-state index >= 15 is 0 Å². The van der Waals surface area contributed by atoms with Crippen LogP contribution < -0.4 is 5.32 Å². The maximum atomic E-state index is 12.9. The maximum Gasteiger partial charge on any atom is 0.337 e. The number of carbonyl (C=O) groups excluding carboxylic acids is 3. The third kappa shape index (κ3) is 2.70. The summed E-state index contributed by atoms with van der Waals surface area (Å²) in [6, 6.07) is 12.9. The lowest BCUT2D eigenvalue weighted by Crippen LogP contribution is -2.22. The second-order valence-electron chi connectivity index (χ2n) is 7.58. The van der Waals surface area contributed by atoms with Gasteiger partial charge in [-0.1, -0.05) is 24.3 Å². The van der Waals surface area contributed by atoms with Gasteiger partial charge in [0.15, 0.2) is 0 Å². The SMILES string of the molecule is COC(=O)c1ccc2c(C3=C(c4cn(C)c5ccccc45)C(=O)NC3=O)cn(C)c2c1.[HH]. The van der Waals surface area contributed by atoms with E-state index in [0.29, 0.717) is 27.8 Å². The minimum absolute atomic E-state index is 0. The second kappa shape index (κ2) is 6.70. The van der Waals surface area contributed by atoms with Crippen molar-refractivity contribution in [1.82, 2.24) is 14.5 Å². The van der Waals surface area contributed by atoms with E-state index in [1.807, 2.05) is 59.9 Å². The Morgan fingerprint density at radius 3 is 2.10 bits per heavy atom. The van der Waals surface area contributed by atoms with Crippen molar-refractivity contribution in [2.24, 2.45) is 14.1 Å². The largest absolute Gasteiger partial charge is 0.465 e. The van der Waals surface area contributed by atoms with E-state index in [0.717, 1.165) is 21.8 Å². The number of esters is 1. The molecule has 0 atom stereocenters. The quantitative estimate of drug-likeness (QED) is 0.411. The van der Waals surface area contributed by atoms with Crippen molar-refractivity contribution in [2.45, 2.75) is 0 Å². The van der Waals surface area contributed by atoms with Gasteiger partial charge >= 0.3 is 5.97 Å². The fourth-order valence-corrected chi connectivity index (χ4v) is 4.34. The first-order chi connectivity index (χ1) is 14.9. The first-order valence-electron chi connectivity index (χ1n) is 9.73. The van der Waals surface area contributed by atoms with Crippen LogP contribution in [0.5, 0.6) is 0 Å². The highest BCUT2D eigenvalue weighted by Gasteiger charge is 2.35. The molecule has 1 N–H and O–H groups in total. The van der Waals surface area contributed by atoms with Crippen LogP contribution in [0.3, 0.4) is 0 Å². The topological polar surface area (TPSA) is 82.3 Å². The number of benzene rings is 2.